The molecule has 0 spiro atoms. The Morgan fingerprint density at radius 3 is 2.84 bits per heavy atom. The summed E-state index contributed by atoms with van der Waals surface area (Å²) in [5.41, 5.74) is 7.92. The van der Waals surface area contributed by atoms with E-state index >= 15 is 0 Å². The van der Waals surface area contributed by atoms with E-state index in [2.05, 4.69) is 53.8 Å². The number of nitrogens with one attached hydrogen (secondary N) is 2. The molecule has 3 aromatic rings. The van der Waals surface area contributed by atoms with Gasteiger partial charge in [0.25, 0.3) is 0 Å². The van der Waals surface area contributed by atoms with E-state index < -0.39 is 12.2 Å². The van der Waals surface area contributed by atoms with Crippen molar-refractivity contribution in [1.82, 2.24) is 30.2 Å². The van der Waals surface area contributed by atoms with Crippen molar-refractivity contribution in [3.63, 3.8) is 0 Å². The molecule has 164 valence electrons. The van der Waals surface area contributed by atoms with E-state index in [0.717, 1.165) is 27.8 Å². The highest BCUT2D eigenvalue weighted by Crippen LogP contribution is 2.23. The second kappa shape index (κ2) is 10.9. The first-order chi connectivity index (χ1) is 15.0. The van der Waals surface area contributed by atoms with E-state index in [4.69, 9.17) is 4.74 Å². The zero-order valence-electron chi connectivity index (χ0n) is 17.2. The van der Waals surface area contributed by atoms with Crippen molar-refractivity contribution >= 4 is 27.7 Å². The van der Waals surface area contributed by atoms with Gasteiger partial charge in [0.1, 0.15) is 12.1 Å². The van der Waals surface area contributed by atoms with Crippen LogP contribution >= 0.6 is 15.9 Å². The zero-order valence-corrected chi connectivity index (χ0v) is 18.8. The normalized spacial score (nSPS) is 11.9. The summed E-state index contributed by atoms with van der Waals surface area (Å²) in [4.78, 5) is 24.8. The van der Waals surface area contributed by atoms with Crippen LogP contribution in [0.15, 0.2) is 41.4 Å². The van der Waals surface area contributed by atoms with Crippen LogP contribution in [0.5, 0.6) is 0 Å². The predicted molar refractivity (Wildman–Crippen MR) is 117 cm³/mol. The first-order valence-corrected chi connectivity index (χ1v) is 10.7. The van der Waals surface area contributed by atoms with Gasteiger partial charge in [0.05, 0.1) is 22.5 Å². The summed E-state index contributed by atoms with van der Waals surface area (Å²) in [6.45, 7) is 3.90. The number of hydrogen-bond acceptors (Lipinski definition) is 9. The van der Waals surface area contributed by atoms with Crippen LogP contribution in [-0.4, -0.2) is 48.6 Å². The Kier molecular flexibility index (Phi) is 8.04. The molecular formula is C20H24BrN7O3. The van der Waals surface area contributed by atoms with E-state index in [9.17, 15) is 9.90 Å². The second-order valence-corrected chi connectivity index (χ2v) is 7.40. The highest BCUT2D eigenvalue weighted by Gasteiger charge is 2.18. The molecule has 3 N–H and O–H groups in total. The van der Waals surface area contributed by atoms with Crippen LogP contribution in [0, 0.1) is 0 Å². The van der Waals surface area contributed by atoms with Crippen molar-refractivity contribution in [2.45, 2.75) is 39.3 Å². The third-order valence-electron chi connectivity index (χ3n) is 4.38. The topological polar surface area (TPSA) is 127 Å². The Morgan fingerprint density at radius 2 is 2.10 bits per heavy atom. The van der Waals surface area contributed by atoms with Gasteiger partial charge in [-0.2, -0.15) is 10.5 Å². The zero-order chi connectivity index (χ0) is 22.2. The molecule has 3 heterocycles. The smallest absolute Gasteiger partial charge is 0.352 e. The minimum Gasteiger partial charge on any atom is -0.463 e. The maximum Gasteiger partial charge on any atom is 0.352 e. The van der Waals surface area contributed by atoms with Crippen LogP contribution in [0.25, 0.3) is 5.82 Å². The quantitative estimate of drug-likeness (QED) is 0.223. The van der Waals surface area contributed by atoms with Gasteiger partial charge in [-0.3, -0.25) is 0 Å². The molecule has 0 radical (unpaired) electrons. The Balaban J connectivity index is 1.85. The number of anilines is 1. The van der Waals surface area contributed by atoms with Gasteiger partial charge in [-0.25, -0.2) is 24.4 Å². The predicted octanol–water partition coefficient (Wildman–Crippen LogP) is 2.16. The molecule has 0 aliphatic carbocycles. The van der Waals surface area contributed by atoms with E-state index in [1.54, 1.807) is 24.0 Å². The van der Waals surface area contributed by atoms with E-state index in [-0.39, 0.29) is 6.61 Å². The monoisotopic (exact) mass is 489 g/mol. The number of aliphatic hydroxyl groups excluding tert-OH is 1. The number of hydrazine groups is 1. The maximum absolute atomic E-state index is 11.6. The van der Waals surface area contributed by atoms with Crippen molar-refractivity contribution in [1.29, 1.82) is 0 Å². The van der Waals surface area contributed by atoms with Gasteiger partial charge in [-0.15, -0.1) is 0 Å². The van der Waals surface area contributed by atoms with Crippen LogP contribution < -0.4 is 10.9 Å². The summed E-state index contributed by atoms with van der Waals surface area (Å²) in [6.07, 6.45) is 5.41. The standard InChI is InChI=1S/C20H24BrN7O3/c1-3-6-14-16(23-12-24-17(14)26-27-19(29)20(30)31-4-2)11-13-8-10-25-28(13)18-15(21)7-5-9-22-18/h5,7-10,12,19,27,29H,3-4,6,11H2,1-2H3,(H,23,24,26). The van der Waals surface area contributed by atoms with Gasteiger partial charge in [-0.05, 0) is 47.5 Å². The molecule has 0 bridgehead atoms. The number of pyridine rings is 1. The third kappa shape index (κ3) is 5.63. The second-order valence-electron chi connectivity index (χ2n) is 6.54. The summed E-state index contributed by atoms with van der Waals surface area (Å²) in [5.74, 6) is 0.401. The molecule has 3 rings (SSSR count). The summed E-state index contributed by atoms with van der Waals surface area (Å²) in [5, 5.41) is 14.3. The Morgan fingerprint density at radius 1 is 1.26 bits per heavy atom. The minimum atomic E-state index is -1.52. The van der Waals surface area contributed by atoms with Gasteiger partial charge in [0.2, 0.25) is 6.23 Å². The number of carbonyl (C=O) groups excluding carboxylic acids is 1. The number of rotatable bonds is 10. The van der Waals surface area contributed by atoms with Crippen molar-refractivity contribution in [2.75, 3.05) is 12.0 Å². The van der Waals surface area contributed by atoms with Crippen molar-refractivity contribution in [2.24, 2.45) is 0 Å². The Bertz CT molecular complexity index is 1030. The molecule has 1 unspecified atom stereocenters. The van der Waals surface area contributed by atoms with Crippen molar-refractivity contribution in [3.8, 4) is 5.82 Å². The highest BCUT2D eigenvalue weighted by molar-refractivity contribution is 9.10. The number of carbonyl (C=O) groups is 1. The number of ether oxygens (including phenoxy) is 1. The fraction of sp³-hybridized carbons (Fsp3) is 0.350. The SMILES string of the molecule is CCCc1c(Cc2ccnn2-c2ncccc2Br)ncnc1NNC(O)C(=O)OCC. The molecule has 3 aromatic heterocycles. The largest absolute Gasteiger partial charge is 0.463 e. The van der Waals surface area contributed by atoms with Gasteiger partial charge in [0, 0.05) is 24.4 Å². The summed E-state index contributed by atoms with van der Waals surface area (Å²) in [7, 11) is 0. The average Bonchev–Trinajstić information content (AvgIpc) is 3.22. The van der Waals surface area contributed by atoms with Crippen LogP contribution in [-0.2, 0) is 22.4 Å². The molecule has 0 aliphatic heterocycles. The van der Waals surface area contributed by atoms with E-state index in [1.807, 2.05) is 18.2 Å². The van der Waals surface area contributed by atoms with Gasteiger partial charge in [-0.1, -0.05) is 13.3 Å². The molecule has 0 aromatic carbocycles. The summed E-state index contributed by atoms with van der Waals surface area (Å²) >= 11 is 3.52. The van der Waals surface area contributed by atoms with Crippen LogP contribution in [0.4, 0.5) is 5.82 Å². The van der Waals surface area contributed by atoms with Gasteiger partial charge < -0.3 is 15.3 Å². The summed E-state index contributed by atoms with van der Waals surface area (Å²) in [6, 6.07) is 5.66. The molecule has 0 saturated heterocycles. The molecule has 0 aliphatic rings. The third-order valence-corrected chi connectivity index (χ3v) is 5.00. The lowest BCUT2D eigenvalue weighted by atomic mass is 10.1. The van der Waals surface area contributed by atoms with Crippen molar-refractivity contribution < 1.29 is 14.6 Å². The lowest BCUT2D eigenvalue weighted by Gasteiger charge is -2.17. The molecule has 0 amide bonds. The number of hydrogen-bond donors (Lipinski definition) is 3. The van der Waals surface area contributed by atoms with Crippen LogP contribution in [0.2, 0.25) is 0 Å². The Hall–Kier alpha value is -2.89. The lowest BCUT2D eigenvalue weighted by molar-refractivity contribution is -0.154. The fourth-order valence-electron chi connectivity index (χ4n) is 3.00. The van der Waals surface area contributed by atoms with E-state index in [0.29, 0.717) is 24.5 Å². The summed E-state index contributed by atoms with van der Waals surface area (Å²) < 4.78 is 7.38. The van der Waals surface area contributed by atoms with Crippen LogP contribution in [0.3, 0.4) is 0 Å². The molecule has 0 fully saturated rings. The number of nitrogens with zero attached hydrogens (tertiary/aromatic N) is 5. The number of esters is 1. The van der Waals surface area contributed by atoms with Gasteiger partial charge in [0.15, 0.2) is 5.82 Å². The molecule has 0 saturated carbocycles. The molecule has 1 atom stereocenters. The first-order valence-electron chi connectivity index (χ1n) is 9.87. The van der Waals surface area contributed by atoms with Crippen molar-refractivity contribution in [3.05, 3.63) is 58.3 Å². The average molecular weight is 490 g/mol. The first kappa shape index (κ1) is 22.8. The number of halogens is 1. The molecular weight excluding hydrogens is 466 g/mol. The minimum absolute atomic E-state index is 0.177. The van der Waals surface area contributed by atoms with Crippen LogP contribution in [0.1, 0.15) is 37.2 Å². The molecule has 31 heavy (non-hydrogen) atoms. The fourth-order valence-corrected chi connectivity index (χ4v) is 3.42. The maximum atomic E-state index is 11.6. The lowest BCUT2D eigenvalue weighted by Crippen LogP contribution is -2.41. The Labute approximate surface area is 188 Å². The molecule has 11 heteroatoms. The van der Waals surface area contributed by atoms with E-state index in [1.165, 1.54) is 6.33 Å². The number of aromatic nitrogens is 5. The highest BCUT2D eigenvalue weighted by atomic mass is 79.9. The number of aliphatic hydroxyl groups is 1. The van der Waals surface area contributed by atoms with Gasteiger partial charge >= 0.3 is 5.97 Å². The molecule has 10 nitrogen and oxygen atoms in total.